The summed E-state index contributed by atoms with van der Waals surface area (Å²) in [5.41, 5.74) is 7.06. The Morgan fingerprint density at radius 3 is 3.00 bits per heavy atom. The van der Waals surface area contributed by atoms with Gasteiger partial charge in [-0.05, 0) is 32.6 Å². The molecule has 1 fully saturated rings. The quantitative estimate of drug-likeness (QED) is 0.738. The van der Waals surface area contributed by atoms with Gasteiger partial charge in [-0.3, -0.25) is 0 Å². The molecule has 0 aliphatic carbocycles. The van der Waals surface area contributed by atoms with Crippen molar-refractivity contribution in [3.05, 3.63) is 11.9 Å². The Bertz CT molecular complexity index is 405. The van der Waals surface area contributed by atoms with Crippen LogP contribution in [0.5, 0.6) is 0 Å². The van der Waals surface area contributed by atoms with E-state index in [9.17, 15) is 0 Å². The van der Waals surface area contributed by atoms with Gasteiger partial charge in [-0.1, -0.05) is 6.92 Å². The van der Waals surface area contributed by atoms with Crippen molar-refractivity contribution in [2.75, 3.05) is 31.2 Å². The first-order valence-electron chi connectivity index (χ1n) is 7.90. The molecule has 2 heterocycles. The second-order valence-electron chi connectivity index (χ2n) is 5.35. The van der Waals surface area contributed by atoms with Crippen LogP contribution in [-0.4, -0.2) is 41.9 Å². The summed E-state index contributed by atoms with van der Waals surface area (Å²) < 4.78 is 7.71. The van der Waals surface area contributed by atoms with Crippen molar-refractivity contribution < 1.29 is 4.74 Å². The minimum absolute atomic E-state index is 0.452. The average molecular weight is 280 g/mol. The fraction of sp³-hybridized carbons (Fsp3) is 0.800. The molecular formula is C15H28N4O. The lowest BCUT2D eigenvalue weighted by molar-refractivity contribution is 0.141. The largest absolute Gasteiger partial charge is 0.382 e. The molecule has 0 bridgehead atoms. The Balaban J connectivity index is 2.07. The molecule has 1 atom stereocenters. The van der Waals surface area contributed by atoms with E-state index in [-0.39, 0.29) is 0 Å². The van der Waals surface area contributed by atoms with E-state index in [1.165, 1.54) is 18.5 Å². The van der Waals surface area contributed by atoms with Crippen molar-refractivity contribution in [2.24, 2.45) is 5.73 Å². The molecule has 0 spiro atoms. The minimum atomic E-state index is 0.452. The van der Waals surface area contributed by atoms with Gasteiger partial charge in [0, 0.05) is 45.1 Å². The molecule has 20 heavy (non-hydrogen) atoms. The van der Waals surface area contributed by atoms with E-state index >= 15 is 0 Å². The number of hydrogen-bond acceptors (Lipinski definition) is 4. The molecule has 2 rings (SSSR count). The van der Waals surface area contributed by atoms with Crippen molar-refractivity contribution in [2.45, 2.75) is 52.1 Å². The summed E-state index contributed by atoms with van der Waals surface area (Å²) in [7, 11) is 0. The molecule has 1 aromatic rings. The van der Waals surface area contributed by atoms with Gasteiger partial charge in [0.05, 0.1) is 5.69 Å². The van der Waals surface area contributed by atoms with Crippen LogP contribution >= 0.6 is 0 Å². The summed E-state index contributed by atoms with van der Waals surface area (Å²) in [5, 5.41) is 0. The summed E-state index contributed by atoms with van der Waals surface area (Å²) >= 11 is 0. The lowest BCUT2D eigenvalue weighted by Gasteiger charge is -2.25. The topological polar surface area (TPSA) is 56.3 Å². The average Bonchev–Trinajstić information content (AvgIpc) is 3.09. The summed E-state index contributed by atoms with van der Waals surface area (Å²) in [5.74, 6) is 1.10. The molecule has 2 N–H and O–H groups in total. The van der Waals surface area contributed by atoms with Crippen LogP contribution in [-0.2, 0) is 17.7 Å². The standard InChI is InChI=1S/C15H28N4O/c1-3-13-12-18(8-6-10-20-4-2)15(17-13)19-9-5-7-14(19)11-16/h12,14H,3-11,16H2,1-2H3. The minimum Gasteiger partial charge on any atom is -0.382 e. The Hall–Kier alpha value is -1.07. The number of ether oxygens (including phenoxy) is 1. The van der Waals surface area contributed by atoms with Crippen molar-refractivity contribution >= 4 is 5.95 Å². The molecule has 1 saturated heterocycles. The van der Waals surface area contributed by atoms with Crippen LogP contribution in [0.3, 0.4) is 0 Å². The lowest BCUT2D eigenvalue weighted by atomic mass is 10.2. The number of rotatable bonds is 8. The van der Waals surface area contributed by atoms with E-state index in [2.05, 4.69) is 22.6 Å². The Kier molecular flexibility index (Phi) is 5.86. The molecule has 1 aliphatic rings. The number of aryl methyl sites for hydroxylation is 2. The molecule has 1 aliphatic heterocycles. The maximum absolute atomic E-state index is 5.89. The molecule has 114 valence electrons. The van der Waals surface area contributed by atoms with Gasteiger partial charge < -0.3 is 19.9 Å². The summed E-state index contributed by atoms with van der Waals surface area (Å²) in [4.78, 5) is 7.19. The first kappa shape index (κ1) is 15.3. The van der Waals surface area contributed by atoms with E-state index in [1.807, 2.05) is 6.92 Å². The highest BCUT2D eigenvalue weighted by atomic mass is 16.5. The van der Waals surface area contributed by atoms with Gasteiger partial charge in [0.25, 0.3) is 0 Å². The molecule has 1 unspecified atom stereocenters. The lowest BCUT2D eigenvalue weighted by Crippen LogP contribution is -2.37. The van der Waals surface area contributed by atoms with Crippen molar-refractivity contribution in [3.63, 3.8) is 0 Å². The third kappa shape index (κ3) is 3.52. The highest BCUT2D eigenvalue weighted by Gasteiger charge is 2.27. The van der Waals surface area contributed by atoms with Crippen molar-refractivity contribution in [1.29, 1.82) is 0 Å². The van der Waals surface area contributed by atoms with Gasteiger partial charge in [0.15, 0.2) is 0 Å². The summed E-state index contributed by atoms with van der Waals surface area (Å²) in [6.45, 7) is 8.56. The number of anilines is 1. The number of imidazole rings is 1. The third-order valence-corrected chi connectivity index (χ3v) is 3.97. The van der Waals surface area contributed by atoms with Crippen molar-refractivity contribution in [3.8, 4) is 0 Å². The van der Waals surface area contributed by atoms with Gasteiger partial charge in [0.1, 0.15) is 0 Å². The molecule has 1 aromatic heterocycles. The summed E-state index contributed by atoms with van der Waals surface area (Å²) in [6, 6.07) is 0.452. The molecule has 5 heteroatoms. The van der Waals surface area contributed by atoms with Crippen LogP contribution in [0.25, 0.3) is 0 Å². The van der Waals surface area contributed by atoms with Gasteiger partial charge in [-0.2, -0.15) is 0 Å². The number of nitrogens with two attached hydrogens (primary N) is 1. The predicted molar refractivity (Wildman–Crippen MR) is 82.1 cm³/mol. The first-order chi connectivity index (χ1) is 9.80. The number of hydrogen-bond donors (Lipinski definition) is 1. The third-order valence-electron chi connectivity index (χ3n) is 3.97. The zero-order valence-electron chi connectivity index (χ0n) is 12.8. The Morgan fingerprint density at radius 2 is 2.30 bits per heavy atom. The fourth-order valence-electron chi connectivity index (χ4n) is 2.85. The molecular weight excluding hydrogens is 252 g/mol. The second kappa shape index (κ2) is 7.64. The van der Waals surface area contributed by atoms with E-state index < -0.39 is 0 Å². The summed E-state index contributed by atoms with van der Waals surface area (Å²) in [6.07, 6.45) is 6.60. The SMILES string of the molecule is CCOCCCn1cc(CC)nc1N1CCCC1CN. The highest BCUT2D eigenvalue weighted by molar-refractivity contribution is 5.37. The number of nitrogens with zero attached hydrogens (tertiary/aromatic N) is 3. The Morgan fingerprint density at radius 1 is 1.45 bits per heavy atom. The van der Waals surface area contributed by atoms with Gasteiger partial charge in [-0.25, -0.2) is 4.98 Å². The molecule has 5 nitrogen and oxygen atoms in total. The van der Waals surface area contributed by atoms with Crippen LogP contribution < -0.4 is 10.6 Å². The molecule has 0 radical (unpaired) electrons. The van der Waals surface area contributed by atoms with E-state index in [1.54, 1.807) is 0 Å². The van der Waals surface area contributed by atoms with Crippen LogP contribution in [0, 0.1) is 0 Å². The number of aromatic nitrogens is 2. The molecule has 0 amide bonds. The second-order valence-corrected chi connectivity index (χ2v) is 5.35. The fourth-order valence-corrected chi connectivity index (χ4v) is 2.85. The molecule has 0 aromatic carbocycles. The van der Waals surface area contributed by atoms with E-state index in [0.717, 1.165) is 45.1 Å². The zero-order chi connectivity index (χ0) is 14.4. The molecule has 0 saturated carbocycles. The first-order valence-corrected chi connectivity index (χ1v) is 7.90. The van der Waals surface area contributed by atoms with Crippen molar-refractivity contribution in [1.82, 2.24) is 9.55 Å². The van der Waals surface area contributed by atoms with Crippen LogP contribution in [0.1, 0.15) is 38.8 Å². The van der Waals surface area contributed by atoms with Crippen LogP contribution in [0.15, 0.2) is 6.20 Å². The predicted octanol–water partition coefficient (Wildman–Crippen LogP) is 1.80. The van der Waals surface area contributed by atoms with Crippen LogP contribution in [0.4, 0.5) is 5.95 Å². The van der Waals surface area contributed by atoms with E-state index in [4.69, 9.17) is 15.5 Å². The van der Waals surface area contributed by atoms with Crippen LogP contribution in [0.2, 0.25) is 0 Å². The zero-order valence-corrected chi connectivity index (χ0v) is 12.8. The van der Waals surface area contributed by atoms with Gasteiger partial charge in [-0.15, -0.1) is 0 Å². The van der Waals surface area contributed by atoms with E-state index in [0.29, 0.717) is 12.6 Å². The maximum atomic E-state index is 5.89. The highest BCUT2D eigenvalue weighted by Crippen LogP contribution is 2.25. The normalized spacial score (nSPS) is 18.9. The monoisotopic (exact) mass is 280 g/mol. The van der Waals surface area contributed by atoms with Gasteiger partial charge in [0.2, 0.25) is 5.95 Å². The van der Waals surface area contributed by atoms with Gasteiger partial charge >= 0.3 is 0 Å². The smallest absolute Gasteiger partial charge is 0.206 e. The Labute approximate surface area is 122 Å². The maximum Gasteiger partial charge on any atom is 0.206 e.